The normalized spacial score (nSPS) is 16.9. The summed E-state index contributed by atoms with van der Waals surface area (Å²) in [5.74, 6) is 0. The van der Waals surface area contributed by atoms with Crippen molar-refractivity contribution in [2.24, 2.45) is 0 Å². The van der Waals surface area contributed by atoms with E-state index in [1.54, 1.807) is 0 Å². The first-order valence-corrected chi connectivity index (χ1v) is 15.1. The average Bonchev–Trinajstić information content (AvgIpc) is 3.64. The first-order valence-electron chi connectivity index (χ1n) is 15.1. The molecular formula is C40H29N3O. The van der Waals surface area contributed by atoms with Crippen LogP contribution in [0.4, 0.5) is 0 Å². The third kappa shape index (κ3) is 3.96. The molecule has 0 bridgehead atoms. The lowest BCUT2D eigenvalue weighted by atomic mass is 10.00. The molecule has 44 heavy (non-hydrogen) atoms. The van der Waals surface area contributed by atoms with Crippen LogP contribution in [0.3, 0.4) is 0 Å². The summed E-state index contributed by atoms with van der Waals surface area (Å²) >= 11 is 0. The van der Waals surface area contributed by atoms with Crippen LogP contribution in [-0.4, -0.2) is 4.57 Å². The van der Waals surface area contributed by atoms with Crippen LogP contribution in [0.5, 0.6) is 0 Å². The molecule has 0 amide bonds. The number of rotatable bonds is 4. The summed E-state index contributed by atoms with van der Waals surface area (Å²) in [6, 6.07) is 51.5. The summed E-state index contributed by atoms with van der Waals surface area (Å²) in [4.78, 5) is 0. The largest absolute Gasteiger partial charge is 0.455 e. The smallest absolute Gasteiger partial charge is 0.160 e. The second-order valence-corrected chi connectivity index (χ2v) is 11.4. The molecule has 4 nitrogen and oxygen atoms in total. The predicted molar refractivity (Wildman–Crippen MR) is 181 cm³/mol. The molecule has 2 N–H and O–H groups in total. The Labute approximate surface area is 254 Å². The second-order valence-electron chi connectivity index (χ2n) is 11.4. The van der Waals surface area contributed by atoms with Gasteiger partial charge in [-0.2, -0.15) is 0 Å². The van der Waals surface area contributed by atoms with Crippen molar-refractivity contribution in [1.29, 1.82) is 0 Å². The van der Waals surface area contributed by atoms with Crippen LogP contribution in [0, 0.1) is 0 Å². The molecule has 0 fully saturated rings. The highest BCUT2D eigenvalue weighted by atomic mass is 16.3. The van der Waals surface area contributed by atoms with Gasteiger partial charge in [0.2, 0.25) is 0 Å². The molecule has 4 heteroatoms. The summed E-state index contributed by atoms with van der Waals surface area (Å²) in [7, 11) is 0. The van der Waals surface area contributed by atoms with Crippen molar-refractivity contribution in [2.45, 2.75) is 12.3 Å². The topological polar surface area (TPSA) is 42.1 Å². The fourth-order valence-corrected chi connectivity index (χ4v) is 6.83. The monoisotopic (exact) mass is 567 g/mol. The fraction of sp³-hybridized carbons (Fsp3) is 0.0500. The Bertz CT molecular complexity index is 2350. The summed E-state index contributed by atoms with van der Waals surface area (Å²) in [5.41, 5.74) is 9.93. The van der Waals surface area contributed by atoms with Gasteiger partial charge in [-0.3, -0.25) is 5.32 Å². The Kier molecular flexibility index (Phi) is 5.68. The van der Waals surface area contributed by atoms with Gasteiger partial charge in [-0.15, -0.1) is 0 Å². The molecule has 1 aliphatic rings. The van der Waals surface area contributed by atoms with E-state index in [9.17, 15) is 0 Å². The van der Waals surface area contributed by atoms with E-state index in [0.29, 0.717) is 0 Å². The number of para-hydroxylation sites is 3. The Morgan fingerprint density at radius 1 is 0.545 bits per heavy atom. The minimum absolute atomic E-state index is 0.0406. The lowest BCUT2D eigenvalue weighted by molar-refractivity contribution is 0.350. The third-order valence-corrected chi connectivity index (χ3v) is 8.89. The standard InChI is InChI=1S/C40H29N3O/c1-3-12-26(13-4-1)34-25-35(27-14-5-2-6-15-27)42-40(41-34)43-36-20-9-7-16-30(36)33-24-28(22-23-37(33)43)29-18-11-19-32-31-17-8-10-21-38(31)44-39(29)32/h1-25,34,40-42H. The minimum Gasteiger partial charge on any atom is -0.455 e. The number of fused-ring (bicyclic) bond motifs is 6. The van der Waals surface area contributed by atoms with Gasteiger partial charge in [0, 0.05) is 32.8 Å². The van der Waals surface area contributed by atoms with Crippen molar-refractivity contribution >= 4 is 49.4 Å². The summed E-state index contributed by atoms with van der Waals surface area (Å²) in [5, 5.41) is 12.5. The lowest BCUT2D eigenvalue weighted by Gasteiger charge is -2.34. The molecule has 0 spiro atoms. The number of aromatic nitrogens is 1. The van der Waals surface area contributed by atoms with Gasteiger partial charge in [-0.05, 0) is 47.0 Å². The Balaban J connectivity index is 1.22. The maximum atomic E-state index is 6.41. The molecule has 0 saturated carbocycles. The van der Waals surface area contributed by atoms with Crippen LogP contribution in [0.2, 0.25) is 0 Å². The van der Waals surface area contributed by atoms with E-state index in [1.165, 1.54) is 27.4 Å². The highest BCUT2D eigenvalue weighted by Crippen LogP contribution is 2.40. The summed E-state index contributed by atoms with van der Waals surface area (Å²) in [6.07, 6.45) is 2.12. The highest BCUT2D eigenvalue weighted by molar-refractivity contribution is 6.12. The SMILES string of the molecule is C1=C(c2ccccc2)NC(n2c3ccccc3c3cc(-c4cccc5c4oc4ccccc45)ccc32)NC1c1ccccc1. The van der Waals surface area contributed by atoms with Gasteiger partial charge in [0.25, 0.3) is 0 Å². The van der Waals surface area contributed by atoms with Gasteiger partial charge in [0.1, 0.15) is 11.2 Å². The number of nitrogens with zero attached hydrogens (tertiary/aromatic N) is 1. The molecule has 2 atom stereocenters. The molecule has 0 radical (unpaired) electrons. The molecule has 0 saturated heterocycles. The van der Waals surface area contributed by atoms with E-state index >= 15 is 0 Å². The van der Waals surface area contributed by atoms with Crippen LogP contribution >= 0.6 is 0 Å². The van der Waals surface area contributed by atoms with Crippen molar-refractivity contribution < 1.29 is 4.42 Å². The Morgan fingerprint density at radius 3 is 2.11 bits per heavy atom. The average molecular weight is 568 g/mol. The first-order chi connectivity index (χ1) is 21.8. The van der Waals surface area contributed by atoms with E-state index in [4.69, 9.17) is 4.42 Å². The van der Waals surface area contributed by atoms with Gasteiger partial charge in [0.05, 0.1) is 17.1 Å². The third-order valence-electron chi connectivity index (χ3n) is 8.89. The summed E-state index contributed by atoms with van der Waals surface area (Å²) in [6.45, 7) is 0. The molecule has 6 aromatic carbocycles. The van der Waals surface area contributed by atoms with Crippen LogP contribution in [0.15, 0.2) is 156 Å². The second kappa shape index (κ2) is 10.0. The molecule has 2 aromatic heterocycles. The van der Waals surface area contributed by atoms with Crippen molar-refractivity contribution in [1.82, 2.24) is 15.2 Å². The molecular weight excluding hydrogens is 538 g/mol. The maximum absolute atomic E-state index is 6.41. The molecule has 3 heterocycles. The van der Waals surface area contributed by atoms with Gasteiger partial charge in [-0.1, -0.05) is 121 Å². The van der Waals surface area contributed by atoms with E-state index < -0.39 is 0 Å². The van der Waals surface area contributed by atoms with E-state index in [2.05, 4.69) is 155 Å². The predicted octanol–water partition coefficient (Wildman–Crippen LogP) is 9.79. The highest BCUT2D eigenvalue weighted by Gasteiger charge is 2.27. The van der Waals surface area contributed by atoms with Gasteiger partial charge in [0.15, 0.2) is 6.29 Å². The van der Waals surface area contributed by atoms with Gasteiger partial charge >= 0.3 is 0 Å². The Morgan fingerprint density at radius 2 is 1.25 bits per heavy atom. The summed E-state index contributed by atoms with van der Waals surface area (Å²) < 4.78 is 8.82. The van der Waals surface area contributed by atoms with Gasteiger partial charge < -0.3 is 14.3 Å². The zero-order chi connectivity index (χ0) is 29.0. The number of hydrogen-bond acceptors (Lipinski definition) is 3. The van der Waals surface area contributed by atoms with Crippen molar-refractivity contribution in [3.8, 4) is 11.1 Å². The zero-order valence-electron chi connectivity index (χ0n) is 23.9. The number of furan rings is 1. The van der Waals surface area contributed by atoms with Crippen LogP contribution in [0.1, 0.15) is 23.5 Å². The van der Waals surface area contributed by atoms with Crippen LogP contribution in [-0.2, 0) is 0 Å². The lowest BCUT2D eigenvalue weighted by Crippen LogP contribution is -2.43. The van der Waals surface area contributed by atoms with E-state index in [-0.39, 0.29) is 12.3 Å². The van der Waals surface area contributed by atoms with E-state index in [1.807, 2.05) is 12.1 Å². The van der Waals surface area contributed by atoms with E-state index in [0.717, 1.165) is 44.3 Å². The first kappa shape index (κ1) is 25.0. The molecule has 210 valence electrons. The molecule has 8 aromatic rings. The number of benzene rings is 6. The van der Waals surface area contributed by atoms with Crippen LogP contribution in [0.25, 0.3) is 60.6 Å². The minimum atomic E-state index is -0.174. The van der Waals surface area contributed by atoms with Crippen molar-refractivity contribution in [3.05, 3.63) is 163 Å². The zero-order valence-corrected chi connectivity index (χ0v) is 23.9. The quantitative estimate of drug-likeness (QED) is 0.222. The molecule has 0 aliphatic carbocycles. The molecule has 2 unspecified atom stereocenters. The number of hydrogen-bond donors (Lipinski definition) is 2. The molecule has 9 rings (SSSR count). The van der Waals surface area contributed by atoms with Gasteiger partial charge in [-0.25, -0.2) is 0 Å². The van der Waals surface area contributed by atoms with Crippen molar-refractivity contribution in [3.63, 3.8) is 0 Å². The molecule has 1 aliphatic heterocycles. The van der Waals surface area contributed by atoms with Crippen LogP contribution < -0.4 is 10.6 Å². The number of nitrogens with one attached hydrogen (secondary N) is 2. The van der Waals surface area contributed by atoms with Crippen molar-refractivity contribution in [2.75, 3.05) is 0 Å². The fourth-order valence-electron chi connectivity index (χ4n) is 6.83. The Hall–Kier alpha value is -5.58. The maximum Gasteiger partial charge on any atom is 0.160 e.